The minimum atomic E-state index is -0.191. The highest BCUT2D eigenvalue weighted by Gasteiger charge is 2.13. The number of hydrogen-bond donors (Lipinski definition) is 1. The second-order valence-electron chi connectivity index (χ2n) is 6.71. The van der Waals surface area contributed by atoms with E-state index in [1.54, 1.807) is 23.9 Å². The number of aromatic nitrogens is 6. The lowest BCUT2D eigenvalue weighted by Crippen LogP contribution is -2.23. The van der Waals surface area contributed by atoms with Crippen molar-refractivity contribution < 1.29 is 4.79 Å². The molecule has 1 amide bonds. The van der Waals surface area contributed by atoms with Gasteiger partial charge in [-0.3, -0.25) is 14.2 Å². The van der Waals surface area contributed by atoms with E-state index < -0.39 is 0 Å². The average Bonchev–Trinajstić information content (AvgIpc) is 3.25. The lowest BCUT2D eigenvalue weighted by atomic mass is 10.2. The van der Waals surface area contributed by atoms with Crippen LogP contribution < -0.4 is 10.9 Å². The monoisotopic (exact) mass is 409 g/mol. The Hall–Kier alpha value is -3.40. The van der Waals surface area contributed by atoms with Crippen LogP contribution in [0.1, 0.15) is 16.9 Å². The van der Waals surface area contributed by atoms with Gasteiger partial charge in [0.15, 0.2) is 5.82 Å². The third kappa shape index (κ3) is 3.66. The van der Waals surface area contributed by atoms with E-state index in [1.807, 2.05) is 26.0 Å². The minimum absolute atomic E-state index is 0.110. The summed E-state index contributed by atoms with van der Waals surface area (Å²) in [6.07, 6.45) is 1.67. The molecule has 0 spiro atoms. The molecule has 0 aliphatic rings. The second kappa shape index (κ2) is 7.55. The molecule has 4 rings (SSSR count). The summed E-state index contributed by atoms with van der Waals surface area (Å²) < 4.78 is 3.05. The van der Waals surface area contributed by atoms with Gasteiger partial charge in [0.05, 0.1) is 11.7 Å². The number of anilines is 1. The van der Waals surface area contributed by atoms with Gasteiger partial charge in [-0.05, 0) is 42.0 Å². The zero-order valence-electron chi connectivity index (χ0n) is 16.2. The van der Waals surface area contributed by atoms with Crippen LogP contribution in [0.4, 0.5) is 5.69 Å². The fourth-order valence-electron chi connectivity index (χ4n) is 3.08. The standard InChI is InChI=1S/C19H19N7O2S/c1-11-12(2)29-18-16(11)19(28)26(10-20-18)8-7-15(27)21-14-6-4-5-13(9-14)17-22-23-24-25(17)3/h4-6,9-10H,7-8H2,1-3H3,(H,21,27). The van der Waals surface area contributed by atoms with Crippen LogP contribution in [0.5, 0.6) is 0 Å². The summed E-state index contributed by atoms with van der Waals surface area (Å²) in [4.78, 5) is 31.3. The van der Waals surface area contributed by atoms with Gasteiger partial charge in [0.25, 0.3) is 5.56 Å². The topological polar surface area (TPSA) is 108 Å². The summed E-state index contributed by atoms with van der Waals surface area (Å²) in [6, 6.07) is 7.29. The van der Waals surface area contributed by atoms with Gasteiger partial charge in [0.1, 0.15) is 4.83 Å². The first-order valence-electron chi connectivity index (χ1n) is 9.02. The van der Waals surface area contributed by atoms with Crippen molar-refractivity contribution in [2.45, 2.75) is 26.8 Å². The molecule has 3 heterocycles. The SMILES string of the molecule is Cc1sc2ncn(CCC(=O)Nc3cccc(-c4nnnn4C)c3)c(=O)c2c1C. The quantitative estimate of drug-likeness (QED) is 0.542. The van der Waals surface area contributed by atoms with Crippen molar-refractivity contribution in [3.05, 3.63) is 51.4 Å². The molecule has 9 nitrogen and oxygen atoms in total. The number of hydrogen-bond acceptors (Lipinski definition) is 7. The Morgan fingerprint density at radius 3 is 2.86 bits per heavy atom. The third-order valence-electron chi connectivity index (χ3n) is 4.76. The molecule has 0 radical (unpaired) electrons. The molecule has 0 aliphatic carbocycles. The fraction of sp³-hybridized carbons (Fsp3) is 0.263. The van der Waals surface area contributed by atoms with E-state index in [0.717, 1.165) is 20.8 Å². The van der Waals surface area contributed by atoms with Gasteiger partial charge in [-0.15, -0.1) is 16.4 Å². The number of tetrazole rings is 1. The molecule has 0 saturated heterocycles. The van der Waals surface area contributed by atoms with Crippen molar-refractivity contribution in [1.29, 1.82) is 0 Å². The molecular formula is C19H19N7O2S. The Bertz CT molecular complexity index is 1270. The van der Waals surface area contributed by atoms with Crippen LogP contribution in [0.3, 0.4) is 0 Å². The summed E-state index contributed by atoms with van der Waals surface area (Å²) >= 11 is 1.51. The van der Waals surface area contributed by atoms with Crippen LogP contribution in [0.2, 0.25) is 0 Å². The zero-order valence-corrected chi connectivity index (χ0v) is 17.0. The fourth-order valence-corrected chi connectivity index (χ4v) is 4.07. The molecule has 148 valence electrons. The smallest absolute Gasteiger partial charge is 0.262 e. The minimum Gasteiger partial charge on any atom is -0.326 e. The molecule has 0 fully saturated rings. The van der Waals surface area contributed by atoms with Crippen LogP contribution in [0, 0.1) is 13.8 Å². The van der Waals surface area contributed by atoms with E-state index in [2.05, 4.69) is 25.8 Å². The van der Waals surface area contributed by atoms with E-state index in [4.69, 9.17) is 0 Å². The van der Waals surface area contributed by atoms with Gasteiger partial charge >= 0.3 is 0 Å². The molecule has 4 aromatic rings. The average molecular weight is 409 g/mol. The predicted molar refractivity (Wildman–Crippen MR) is 111 cm³/mol. The van der Waals surface area contributed by atoms with Crippen molar-refractivity contribution in [1.82, 2.24) is 29.8 Å². The molecule has 1 aromatic carbocycles. The number of rotatable bonds is 5. The van der Waals surface area contributed by atoms with E-state index in [9.17, 15) is 9.59 Å². The van der Waals surface area contributed by atoms with Crippen molar-refractivity contribution in [3.8, 4) is 11.4 Å². The van der Waals surface area contributed by atoms with Gasteiger partial charge in [-0.25, -0.2) is 9.67 Å². The maximum Gasteiger partial charge on any atom is 0.262 e. The Morgan fingerprint density at radius 1 is 1.28 bits per heavy atom. The van der Waals surface area contributed by atoms with E-state index >= 15 is 0 Å². The van der Waals surface area contributed by atoms with Crippen molar-refractivity contribution in [2.75, 3.05) is 5.32 Å². The zero-order chi connectivity index (χ0) is 20.5. The summed E-state index contributed by atoms with van der Waals surface area (Å²) in [6.45, 7) is 4.16. The number of nitrogens with zero attached hydrogens (tertiary/aromatic N) is 6. The number of nitrogens with one attached hydrogen (secondary N) is 1. The van der Waals surface area contributed by atoms with E-state index in [1.165, 1.54) is 22.2 Å². The first-order chi connectivity index (χ1) is 13.9. The largest absolute Gasteiger partial charge is 0.326 e. The maximum atomic E-state index is 12.7. The van der Waals surface area contributed by atoms with E-state index in [0.29, 0.717) is 16.9 Å². The molecule has 3 aromatic heterocycles. The van der Waals surface area contributed by atoms with Crippen LogP contribution in [0.25, 0.3) is 21.6 Å². The van der Waals surface area contributed by atoms with Crippen LogP contribution in [0.15, 0.2) is 35.4 Å². The third-order valence-corrected chi connectivity index (χ3v) is 5.88. The molecule has 29 heavy (non-hydrogen) atoms. The van der Waals surface area contributed by atoms with Gasteiger partial charge in [0.2, 0.25) is 5.91 Å². The normalized spacial score (nSPS) is 11.1. The Morgan fingerprint density at radius 2 is 2.10 bits per heavy atom. The van der Waals surface area contributed by atoms with Gasteiger partial charge in [-0.2, -0.15) is 0 Å². The lowest BCUT2D eigenvalue weighted by Gasteiger charge is -2.08. The molecule has 1 N–H and O–H groups in total. The van der Waals surface area contributed by atoms with Crippen LogP contribution >= 0.6 is 11.3 Å². The summed E-state index contributed by atoms with van der Waals surface area (Å²) in [5.74, 6) is 0.414. The highest BCUT2D eigenvalue weighted by molar-refractivity contribution is 7.18. The van der Waals surface area contributed by atoms with Crippen molar-refractivity contribution >= 4 is 33.1 Å². The van der Waals surface area contributed by atoms with Gasteiger partial charge < -0.3 is 5.32 Å². The number of amides is 1. The summed E-state index contributed by atoms with van der Waals surface area (Å²) in [5.41, 5.74) is 2.28. The first-order valence-corrected chi connectivity index (χ1v) is 9.83. The molecule has 10 heteroatoms. The molecule has 0 unspecified atom stereocenters. The van der Waals surface area contributed by atoms with Crippen molar-refractivity contribution in [3.63, 3.8) is 0 Å². The predicted octanol–water partition coefficient (Wildman–Crippen LogP) is 2.29. The number of benzene rings is 1. The highest BCUT2D eigenvalue weighted by Crippen LogP contribution is 2.25. The highest BCUT2D eigenvalue weighted by atomic mass is 32.1. The number of carbonyl (C=O) groups is 1. The first kappa shape index (κ1) is 18.9. The van der Waals surface area contributed by atoms with Crippen LogP contribution in [-0.4, -0.2) is 35.7 Å². The number of thiophene rings is 1. The number of fused-ring (bicyclic) bond motifs is 1. The molecule has 0 atom stereocenters. The Kier molecular flexibility index (Phi) is 4.93. The van der Waals surface area contributed by atoms with E-state index in [-0.39, 0.29) is 24.4 Å². The Labute approximate surface area is 170 Å². The second-order valence-corrected chi connectivity index (χ2v) is 7.91. The van der Waals surface area contributed by atoms with Gasteiger partial charge in [-0.1, -0.05) is 12.1 Å². The molecule has 0 aliphatic heterocycles. The number of aryl methyl sites for hydroxylation is 4. The van der Waals surface area contributed by atoms with Crippen molar-refractivity contribution in [2.24, 2.45) is 7.05 Å². The van der Waals surface area contributed by atoms with Gasteiger partial charge in [0, 0.05) is 36.1 Å². The maximum absolute atomic E-state index is 12.7. The molecule has 0 bridgehead atoms. The summed E-state index contributed by atoms with van der Waals surface area (Å²) in [5, 5.41) is 14.9. The van der Waals surface area contributed by atoms with Crippen LogP contribution in [-0.2, 0) is 18.4 Å². The Balaban J connectivity index is 1.47. The lowest BCUT2D eigenvalue weighted by molar-refractivity contribution is -0.116. The molecule has 0 saturated carbocycles. The summed E-state index contributed by atoms with van der Waals surface area (Å²) in [7, 11) is 1.75. The number of carbonyl (C=O) groups excluding carboxylic acids is 1. The molecular weight excluding hydrogens is 390 g/mol.